The van der Waals surface area contributed by atoms with Crippen LogP contribution in [0.3, 0.4) is 0 Å². The number of H-pyrrole nitrogens is 1. The Morgan fingerprint density at radius 2 is 1.79 bits per heavy atom. The van der Waals surface area contributed by atoms with Gasteiger partial charge in [0.05, 0.1) is 0 Å². The zero-order valence-corrected chi connectivity index (χ0v) is 8.49. The maximum atomic E-state index is 4.47. The molecular formula is C11H15NO2. The third kappa shape index (κ3) is 3.20. The monoisotopic (exact) mass is 193 g/mol. The molecule has 0 fully saturated rings. The van der Waals surface area contributed by atoms with Crippen molar-refractivity contribution in [1.82, 2.24) is 4.98 Å². The molecule has 1 aromatic carbocycles. The van der Waals surface area contributed by atoms with Crippen molar-refractivity contribution in [2.75, 3.05) is 21.0 Å². The fourth-order valence-corrected chi connectivity index (χ4v) is 1.11. The molecule has 0 bridgehead atoms. The Labute approximate surface area is 83.6 Å². The molecule has 76 valence electrons. The molecule has 14 heavy (non-hydrogen) atoms. The summed E-state index contributed by atoms with van der Waals surface area (Å²) in [7, 11) is 3.17. The van der Waals surface area contributed by atoms with Gasteiger partial charge in [-0.25, -0.2) is 0 Å². The van der Waals surface area contributed by atoms with Crippen LogP contribution in [0.1, 0.15) is 0 Å². The molecule has 3 heteroatoms. The Morgan fingerprint density at radius 1 is 1.07 bits per heavy atom. The van der Waals surface area contributed by atoms with Gasteiger partial charge in [-0.15, -0.1) is 0 Å². The standard InChI is InChI=1S/C8H7N.C3H8O2/c1-2-4-8-7(3-1)5-6-9-8;1-4-3-5-2/h1-6,9H;3H2,1-2H3. The Balaban J connectivity index is 0.000000171. The van der Waals surface area contributed by atoms with Gasteiger partial charge in [0.15, 0.2) is 0 Å². The fourth-order valence-electron chi connectivity index (χ4n) is 1.11. The molecule has 0 aliphatic heterocycles. The number of rotatable bonds is 2. The quantitative estimate of drug-likeness (QED) is 0.743. The summed E-state index contributed by atoms with van der Waals surface area (Å²) in [5.41, 5.74) is 1.21. The van der Waals surface area contributed by atoms with Crippen LogP contribution in [-0.4, -0.2) is 26.0 Å². The average Bonchev–Trinajstić information content (AvgIpc) is 2.67. The van der Waals surface area contributed by atoms with Crippen LogP contribution in [0.5, 0.6) is 0 Å². The van der Waals surface area contributed by atoms with E-state index in [1.165, 1.54) is 10.9 Å². The van der Waals surface area contributed by atoms with Crippen molar-refractivity contribution in [3.8, 4) is 0 Å². The second-order valence-corrected chi connectivity index (χ2v) is 2.76. The maximum absolute atomic E-state index is 4.47. The smallest absolute Gasteiger partial charge is 0.145 e. The van der Waals surface area contributed by atoms with Crippen LogP contribution < -0.4 is 0 Å². The van der Waals surface area contributed by atoms with E-state index in [2.05, 4.69) is 32.7 Å². The highest BCUT2D eigenvalue weighted by atomic mass is 16.6. The van der Waals surface area contributed by atoms with Gasteiger partial charge < -0.3 is 14.5 Å². The molecule has 0 amide bonds. The van der Waals surface area contributed by atoms with Crippen LogP contribution in [0.15, 0.2) is 36.5 Å². The van der Waals surface area contributed by atoms with Crippen LogP contribution in [-0.2, 0) is 9.47 Å². The molecule has 0 unspecified atom stereocenters. The molecule has 0 spiro atoms. The number of hydrogen-bond donors (Lipinski definition) is 1. The summed E-state index contributed by atoms with van der Waals surface area (Å²) in [6.45, 7) is 0.389. The van der Waals surface area contributed by atoms with Crippen LogP contribution in [0.2, 0.25) is 0 Å². The topological polar surface area (TPSA) is 34.2 Å². The molecule has 1 heterocycles. The van der Waals surface area contributed by atoms with E-state index in [1.807, 2.05) is 18.3 Å². The molecule has 1 aromatic heterocycles. The van der Waals surface area contributed by atoms with Gasteiger partial charge in [0, 0.05) is 25.9 Å². The van der Waals surface area contributed by atoms with Crippen molar-refractivity contribution in [2.45, 2.75) is 0 Å². The van der Waals surface area contributed by atoms with Gasteiger partial charge in [-0.2, -0.15) is 0 Å². The Morgan fingerprint density at radius 3 is 2.36 bits per heavy atom. The summed E-state index contributed by atoms with van der Waals surface area (Å²) in [5, 5.41) is 1.28. The van der Waals surface area contributed by atoms with Crippen molar-refractivity contribution >= 4 is 10.9 Å². The number of aromatic nitrogens is 1. The first-order valence-corrected chi connectivity index (χ1v) is 4.38. The Hall–Kier alpha value is -1.32. The van der Waals surface area contributed by atoms with Crippen molar-refractivity contribution in [3.63, 3.8) is 0 Å². The van der Waals surface area contributed by atoms with Crippen LogP contribution in [0.4, 0.5) is 0 Å². The molecule has 0 saturated carbocycles. The maximum Gasteiger partial charge on any atom is 0.145 e. The van der Waals surface area contributed by atoms with Gasteiger partial charge >= 0.3 is 0 Å². The van der Waals surface area contributed by atoms with Gasteiger partial charge in [0.25, 0.3) is 0 Å². The Bertz CT molecular complexity index is 325. The molecule has 0 radical (unpaired) electrons. The van der Waals surface area contributed by atoms with E-state index in [9.17, 15) is 0 Å². The van der Waals surface area contributed by atoms with E-state index in [0.717, 1.165) is 0 Å². The molecule has 2 rings (SSSR count). The van der Waals surface area contributed by atoms with Crippen molar-refractivity contribution < 1.29 is 9.47 Å². The predicted molar refractivity (Wildman–Crippen MR) is 57.2 cm³/mol. The highest BCUT2D eigenvalue weighted by Crippen LogP contribution is 2.09. The highest BCUT2D eigenvalue weighted by molar-refractivity contribution is 5.78. The van der Waals surface area contributed by atoms with E-state index in [1.54, 1.807) is 14.2 Å². The average molecular weight is 193 g/mol. The minimum absolute atomic E-state index is 0.389. The van der Waals surface area contributed by atoms with E-state index < -0.39 is 0 Å². The van der Waals surface area contributed by atoms with E-state index in [-0.39, 0.29) is 0 Å². The number of para-hydroxylation sites is 1. The van der Waals surface area contributed by atoms with Crippen LogP contribution in [0.25, 0.3) is 10.9 Å². The molecule has 0 saturated heterocycles. The zero-order chi connectivity index (χ0) is 10.2. The van der Waals surface area contributed by atoms with Gasteiger partial charge in [-0.3, -0.25) is 0 Å². The van der Waals surface area contributed by atoms with E-state index in [0.29, 0.717) is 6.79 Å². The lowest BCUT2D eigenvalue weighted by molar-refractivity contribution is -0.00271. The summed E-state index contributed by atoms with van der Waals surface area (Å²) in [4.78, 5) is 3.12. The predicted octanol–water partition coefficient (Wildman–Crippen LogP) is 2.40. The van der Waals surface area contributed by atoms with Crippen molar-refractivity contribution in [3.05, 3.63) is 36.5 Å². The first-order chi connectivity index (χ1) is 6.88. The number of aromatic amines is 1. The first-order valence-electron chi connectivity index (χ1n) is 4.38. The van der Waals surface area contributed by atoms with Crippen molar-refractivity contribution in [2.24, 2.45) is 0 Å². The summed E-state index contributed by atoms with van der Waals surface area (Å²) in [6.07, 6.45) is 1.95. The molecular weight excluding hydrogens is 178 g/mol. The first kappa shape index (κ1) is 10.8. The number of benzene rings is 1. The molecule has 2 aromatic rings. The fraction of sp³-hybridized carbons (Fsp3) is 0.273. The SMILES string of the molecule is COCOC.c1ccc2[nH]ccc2c1. The second-order valence-electron chi connectivity index (χ2n) is 2.76. The molecule has 0 atom stereocenters. The zero-order valence-electron chi connectivity index (χ0n) is 8.49. The lowest BCUT2D eigenvalue weighted by Crippen LogP contribution is -1.87. The number of nitrogens with one attached hydrogen (secondary N) is 1. The number of hydrogen-bond acceptors (Lipinski definition) is 2. The largest absolute Gasteiger partial charge is 0.361 e. The molecule has 0 aliphatic rings. The van der Waals surface area contributed by atoms with Crippen molar-refractivity contribution in [1.29, 1.82) is 0 Å². The summed E-state index contributed by atoms with van der Waals surface area (Å²) >= 11 is 0. The number of ether oxygens (including phenoxy) is 2. The summed E-state index contributed by atoms with van der Waals surface area (Å²) < 4.78 is 8.94. The third-order valence-corrected chi connectivity index (χ3v) is 1.70. The van der Waals surface area contributed by atoms with Crippen LogP contribution in [0, 0.1) is 0 Å². The van der Waals surface area contributed by atoms with E-state index in [4.69, 9.17) is 0 Å². The minimum atomic E-state index is 0.389. The summed E-state index contributed by atoms with van der Waals surface area (Å²) in [6, 6.07) is 10.3. The Kier molecular flexibility index (Phi) is 4.75. The highest BCUT2D eigenvalue weighted by Gasteiger charge is 1.86. The summed E-state index contributed by atoms with van der Waals surface area (Å²) in [5.74, 6) is 0. The number of fused-ring (bicyclic) bond motifs is 1. The van der Waals surface area contributed by atoms with E-state index >= 15 is 0 Å². The van der Waals surface area contributed by atoms with Gasteiger partial charge in [-0.05, 0) is 17.5 Å². The normalized spacial score (nSPS) is 9.57. The molecule has 1 N–H and O–H groups in total. The second kappa shape index (κ2) is 6.18. The number of methoxy groups -OCH3 is 2. The van der Waals surface area contributed by atoms with Crippen LogP contribution >= 0.6 is 0 Å². The minimum Gasteiger partial charge on any atom is -0.361 e. The van der Waals surface area contributed by atoms with Gasteiger partial charge in [-0.1, -0.05) is 18.2 Å². The van der Waals surface area contributed by atoms with Gasteiger partial charge in [0.2, 0.25) is 0 Å². The van der Waals surface area contributed by atoms with Gasteiger partial charge in [0.1, 0.15) is 6.79 Å². The lowest BCUT2D eigenvalue weighted by Gasteiger charge is -1.87. The molecule has 0 aliphatic carbocycles. The lowest BCUT2D eigenvalue weighted by atomic mass is 10.3. The molecule has 3 nitrogen and oxygen atoms in total. The third-order valence-electron chi connectivity index (χ3n) is 1.70.